The van der Waals surface area contributed by atoms with Crippen molar-refractivity contribution >= 4 is 16.8 Å². The highest BCUT2D eigenvalue weighted by atomic mass is 16.3. The monoisotopic (exact) mass is 298 g/mol. The number of rotatable bonds is 2. The molecule has 4 heteroatoms. The van der Waals surface area contributed by atoms with Crippen molar-refractivity contribution in [3.8, 4) is 0 Å². The number of aryl methyl sites for hydroxylation is 1. The SMILES string of the molecule is Cc1ccc2cc(C(=O)N3CCCC3C(C)(C)O)ccc2n1. The number of hydrogen-bond donors (Lipinski definition) is 1. The third kappa shape index (κ3) is 2.71. The van der Waals surface area contributed by atoms with Gasteiger partial charge in [0.25, 0.3) is 5.91 Å². The minimum Gasteiger partial charge on any atom is -0.388 e. The van der Waals surface area contributed by atoms with Crippen molar-refractivity contribution in [3.05, 3.63) is 41.6 Å². The van der Waals surface area contributed by atoms with E-state index in [1.807, 2.05) is 42.2 Å². The highest BCUT2D eigenvalue weighted by Gasteiger charge is 2.38. The van der Waals surface area contributed by atoms with Crippen LogP contribution in [0, 0.1) is 6.92 Å². The second-order valence-electron chi connectivity index (χ2n) is 6.67. The number of amides is 1. The molecule has 4 nitrogen and oxygen atoms in total. The largest absolute Gasteiger partial charge is 0.388 e. The van der Waals surface area contributed by atoms with Crippen molar-refractivity contribution < 1.29 is 9.90 Å². The molecule has 0 bridgehead atoms. The van der Waals surface area contributed by atoms with E-state index < -0.39 is 5.60 Å². The Morgan fingerprint density at radius 3 is 2.82 bits per heavy atom. The van der Waals surface area contributed by atoms with Gasteiger partial charge in [0.1, 0.15) is 0 Å². The van der Waals surface area contributed by atoms with Gasteiger partial charge in [-0.3, -0.25) is 9.78 Å². The average Bonchev–Trinajstić information content (AvgIpc) is 2.95. The molecule has 116 valence electrons. The quantitative estimate of drug-likeness (QED) is 0.927. The number of pyridine rings is 1. The summed E-state index contributed by atoms with van der Waals surface area (Å²) in [6.45, 7) is 6.21. The molecule has 1 saturated heterocycles. The molecule has 0 aliphatic carbocycles. The summed E-state index contributed by atoms with van der Waals surface area (Å²) in [6, 6.07) is 9.44. The van der Waals surface area contributed by atoms with Gasteiger partial charge in [0.2, 0.25) is 0 Å². The van der Waals surface area contributed by atoms with Crippen LogP contribution in [0.25, 0.3) is 10.9 Å². The Kier molecular flexibility index (Phi) is 3.65. The van der Waals surface area contributed by atoms with E-state index in [-0.39, 0.29) is 11.9 Å². The first-order chi connectivity index (χ1) is 10.4. The maximum atomic E-state index is 12.8. The normalized spacial score (nSPS) is 18.9. The molecule has 0 spiro atoms. The summed E-state index contributed by atoms with van der Waals surface area (Å²) >= 11 is 0. The van der Waals surface area contributed by atoms with Crippen LogP contribution < -0.4 is 0 Å². The van der Waals surface area contributed by atoms with Gasteiger partial charge < -0.3 is 10.0 Å². The first kappa shape index (κ1) is 15.0. The summed E-state index contributed by atoms with van der Waals surface area (Å²) in [5.41, 5.74) is 1.65. The zero-order valence-corrected chi connectivity index (χ0v) is 13.3. The van der Waals surface area contributed by atoms with Gasteiger partial charge in [-0.05, 0) is 57.9 Å². The number of fused-ring (bicyclic) bond motifs is 1. The lowest BCUT2D eigenvalue weighted by atomic mass is 9.96. The standard InChI is InChI=1S/C18H22N2O2/c1-12-6-7-13-11-14(8-9-15(13)19-12)17(21)20-10-4-5-16(20)18(2,3)22/h6-9,11,16,22H,4-5,10H2,1-3H3. The molecule has 2 aromatic rings. The molecule has 1 aromatic heterocycles. The minimum atomic E-state index is -0.873. The maximum absolute atomic E-state index is 12.8. The number of carbonyl (C=O) groups excluding carboxylic acids is 1. The van der Waals surface area contributed by atoms with Gasteiger partial charge in [0, 0.05) is 23.2 Å². The topological polar surface area (TPSA) is 53.4 Å². The fourth-order valence-electron chi connectivity index (χ4n) is 3.27. The number of aromatic nitrogens is 1. The molecule has 0 saturated carbocycles. The lowest BCUT2D eigenvalue weighted by Crippen LogP contribution is -2.48. The summed E-state index contributed by atoms with van der Waals surface area (Å²) in [4.78, 5) is 19.1. The molecule has 1 N–H and O–H groups in total. The van der Waals surface area contributed by atoms with Crippen molar-refractivity contribution in [3.63, 3.8) is 0 Å². The lowest BCUT2D eigenvalue weighted by Gasteiger charge is -2.33. The first-order valence-electron chi connectivity index (χ1n) is 7.77. The van der Waals surface area contributed by atoms with E-state index in [1.54, 1.807) is 13.8 Å². The smallest absolute Gasteiger partial charge is 0.254 e. The second-order valence-corrected chi connectivity index (χ2v) is 6.67. The van der Waals surface area contributed by atoms with E-state index in [1.165, 1.54) is 0 Å². The van der Waals surface area contributed by atoms with Crippen LogP contribution in [-0.2, 0) is 0 Å². The zero-order valence-electron chi connectivity index (χ0n) is 13.3. The van der Waals surface area contributed by atoms with Gasteiger partial charge in [0.05, 0.1) is 17.2 Å². The van der Waals surface area contributed by atoms with Crippen LogP contribution in [0.4, 0.5) is 0 Å². The van der Waals surface area contributed by atoms with Crippen molar-refractivity contribution in [2.75, 3.05) is 6.54 Å². The molecule has 1 aliphatic rings. The number of carbonyl (C=O) groups is 1. The molecule has 1 atom stereocenters. The Morgan fingerprint density at radius 1 is 1.32 bits per heavy atom. The van der Waals surface area contributed by atoms with Gasteiger partial charge in [-0.25, -0.2) is 0 Å². The van der Waals surface area contributed by atoms with Crippen LogP contribution in [0.1, 0.15) is 42.7 Å². The van der Waals surface area contributed by atoms with Crippen LogP contribution in [0.15, 0.2) is 30.3 Å². The van der Waals surface area contributed by atoms with Crippen molar-refractivity contribution in [1.82, 2.24) is 9.88 Å². The molecule has 22 heavy (non-hydrogen) atoms. The van der Waals surface area contributed by atoms with Crippen LogP contribution in [-0.4, -0.2) is 39.1 Å². The molecule has 1 aromatic carbocycles. The molecule has 0 radical (unpaired) electrons. The van der Waals surface area contributed by atoms with E-state index in [0.717, 1.165) is 29.4 Å². The van der Waals surface area contributed by atoms with Crippen LogP contribution in [0.2, 0.25) is 0 Å². The summed E-state index contributed by atoms with van der Waals surface area (Å²) in [5, 5.41) is 11.3. The van der Waals surface area contributed by atoms with Crippen molar-refractivity contribution in [2.45, 2.75) is 45.3 Å². The van der Waals surface area contributed by atoms with E-state index in [9.17, 15) is 9.90 Å². The van der Waals surface area contributed by atoms with Crippen molar-refractivity contribution in [1.29, 1.82) is 0 Å². The lowest BCUT2D eigenvalue weighted by molar-refractivity contribution is 0.000343. The third-order valence-electron chi connectivity index (χ3n) is 4.40. The Labute approximate surface area is 130 Å². The fourth-order valence-corrected chi connectivity index (χ4v) is 3.27. The number of nitrogens with zero attached hydrogens (tertiary/aromatic N) is 2. The summed E-state index contributed by atoms with van der Waals surface area (Å²) in [7, 11) is 0. The van der Waals surface area contributed by atoms with Gasteiger partial charge in [-0.1, -0.05) is 6.07 Å². The highest BCUT2D eigenvalue weighted by molar-refractivity contribution is 5.98. The maximum Gasteiger partial charge on any atom is 0.254 e. The number of aliphatic hydroxyl groups is 1. The predicted octanol–water partition coefficient (Wildman–Crippen LogP) is 2.92. The molecule has 1 amide bonds. The number of likely N-dealkylation sites (tertiary alicyclic amines) is 1. The van der Waals surface area contributed by atoms with E-state index in [2.05, 4.69) is 4.98 Å². The number of hydrogen-bond acceptors (Lipinski definition) is 3. The Bertz CT molecular complexity index is 719. The minimum absolute atomic E-state index is 0.00731. The molecular weight excluding hydrogens is 276 g/mol. The summed E-state index contributed by atoms with van der Waals surface area (Å²) < 4.78 is 0. The van der Waals surface area contributed by atoms with Crippen LogP contribution in [0.5, 0.6) is 0 Å². The Morgan fingerprint density at radius 2 is 2.09 bits per heavy atom. The van der Waals surface area contributed by atoms with Crippen LogP contribution in [0.3, 0.4) is 0 Å². The van der Waals surface area contributed by atoms with Gasteiger partial charge in [-0.15, -0.1) is 0 Å². The molecule has 1 fully saturated rings. The molecular formula is C18H22N2O2. The van der Waals surface area contributed by atoms with Gasteiger partial charge >= 0.3 is 0 Å². The number of benzene rings is 1. The first-order valence-corrected chi connectivity index (χ1v) is 7.77. The Balaban J connectivity index is 1.93. The molecule has 1 unspecified atom stereocenters. The van der Waals surface area contributed by atoms with Crippen LogP contribution >= 0.6 is 0 Å². The Hall–Kier alpha value is -1.94. The van der Waals surface area contributed by atoms with E-state index in [0.29, 0.717) is 12.1 Å². The predicted molar refractivity (Wildman–Crippen MR) is 86.8 cm³/mol. The molecule has 2 heterocycles. The van der Waals surface area contributed by atoms with Gasteiger partial charge in [-0.2, -0.15) is 0 Å². The molecule has 3 rings (SSSR count). The van der Waals surface area contributed by atoms with E-state index in [4.69, 9.17) is 0 Å². The van der Waals surface area contributed by atoms with E-state index >= 15 is 0 Å². The third-order valence-corrected chi connectivity index (χ3v) is 4.40. The highest BCUT2D eigenvalue weighted by Crippen LogP contribution is 2.28. The van der Waals surface area contributed by atoms with Gasteiger partial charge in [0.15, 0.2) is 0 Å². The molecule has 1 aliphatic heterocycles. The fraction of sp³-hybridized carbons (Fsp3) is 0.444. The zero-order chi connectivity index (χ0) is 15.9. The summed E-state index contributed by atoms with van der Waals surface area (Å²) in [6.07, 6.45) is 1.79. The van der Waals surface area contributed by atoms with Crippen molar-refractivity contribution in [2.24, 2.45) is 0 Å². The second kappa shape index (κ2) is 5.36. The summed E-state index contributed by atoms with van der Waals surface area (Å²) in [5.74, 6) is -0.00731. The average molecular weight is 298 g/mol.